The van der Waals surface area contributed by atoms with Gasteiger partial charge < -0.3 is 15.3 Å². The van der Waals surface area contributed by atoms with E-state index in [1.165, 1.54) is 0 Å². The summed E-state index contributed by atoms with van der Waals surface area (Å²) in [5, 5.41) is 14.4. The highest BCUT2D eigenvalue weighted by atomic mass is 16.3. The molecule has 2 N–H and O–H groups in total. The Morgan fingerprint density at radius 2 is 1.90 bits per heavy atom. The van der Waals surface area contributed by atoms with E-state index in [1.54, 1.807) is 6.07 Å². The molecule has 2 aliphatic rings. The van der Waals surface area contributed by atoms with Crippen LogP contribution in [0.25, 0.3) is 10.9 Å². The van der Waals surface area contributed by atoms with Crippen LogP contribution in [0.3, 0.4) is 0 Å². The number of anilines is 1. The number of fused-ring (bicyclic) bond motifs is 1. The van der Waals surface area contributed by atoms with Gasteiger partial charge in [0, 0.05) is 56.5 Å². The Bertz CT molecular complexity index is 1380. The maximum Gasteiger partial charge on any atom is 0.261 e. The Morgan fingerprint density at radius 3 is 2.55 bits per heavy atom. The highest BCUT2D eigenvalue weighted by Gasteiger charge is 2.38. The van der Waals surface area contributed by atoms with Crippen LogP contribution in [0.5, 0.6) is 5.75 Å². The first-order valence-electron chi connectivity index (χ1n) is 15.0. The van der Waals surface area contributed by atoms with Crippen LogP contribution in [0.2, 0.25) is 0 Å². The minimum absolute atomic E-state index is 0.0625. The van der Waals surface area contributed by atoms with Gasteiger partial charge in [0.2, 0.25) is 0 Å². The van der Waals surface area contributed by atoms with Gasteiger partial charge in [-0.05, 0) is 83.1 Å². The van der Waals surface area contributed by atoms with E-state index in [-0.39, 0.29) is 17.1 Å². The van der Waals surface area contributed by atoms with Crippen LogP contribution in [0.15, 0.2) is 47.3 Å². The minimum atomic E-state index is -0.125. The highest BCUT2D eigenvalue weighted by Crippen LogP contribution is 2.40. The molecule has 2 aliphatic heterocycles. The van der Waals surface area contributed by atoms with E-state index >= 15 is 0 Å². The van der Waals surface area contributed by atoms with Crippen molar-refractivity contribution in [3.63, 3.8) is 0 Å². The van der Waals surface area contributed by atoms with Crippen LogP contribution in [0, 0.1) is 0 Å². The molecule has 0 aliphatic carbocycles. The van der Waals surface area contributed by atoms with E-state index in [2.05, 4.69) is 66.2 Å². The molecule has 216 valence electrons. The molecule has 2 aromatic carbocycles. The van der Waals surface area contributed by atoms with Crippen LogP contribution in [0.1, 0.15) is 63.9 Å². The van der Waals surface area contributed by atoms with E-state index in [9.17, 15) is 9.90 Å². The maximum atomic E-state index is 13.7. The Hall–Kier alpha value is -2.94. The predicted octanol–water partition coefficient (Wildman–Crippen LogP) is 4.31. The van der Waals surface area contributed by atoms with Crippen molar-refractivity contribution in [2.24, 2.45) is 0 Å². The minimum Gasteiger partial charge on any atom is -0.508 e. The van der Waals surface area contributed by atoms with E-state index < -0.39 is 0 Å². The molecule has 5 rings (SSSR count). The Morgan fingerprint density at radius 1 is 1.12 bits per heavy atom. The number of piperazine rings is 1. The van der Waals surface area contributed by atoms with Crippen LogP contribution in [-0.2, 0) is 12.1 Å². The normalized spacial score (nSPS) is 20.8. The van der Waals surface area contributed by atoms with Crippen molar-refractivity contribution in [1.82, 2.24) is 24.7 Å². The van der Waals surface area contributed by atoms with E-state index in [0.717, 1.165) is 81.0 Å². The van der Waals surface area contributed by atoms with Gasteiger partial charge in [0.1, 0.15) is 11.6 Å². The van der Waals surface area contributed by atoms with Gasteiger partial charge in [-0.15, -0.1) is 0 Å². The van der Waals surface area contributed by atoms with Crippen molar-refractivity contribution < 1.29 is 5.11 Å². The lowest BCUT2D eigenvalue weighted by molar-refractivity contribution is 0.115. The summed E-state index contributed by atoms with van der Waals surface area (Å²) in [6.45, 7) is 11.8. The zero-order valence-corrected chi connectivity index (χ0v) is 24.9. The van der Waals surface area contributed by atoms with Gasteiger partial charge in [0.05, 0.1) is 16.9 Å². The predicted molar refractivity (Wildman–Crippen MR) is 163 cm³/mol. The molecule has 3 heterocycles. The lowest BCUT2D eigenvalue weighted by atomic mass is 9.79. The number of nitrogens with one attached hydrogen (secondary N) is 1. The second-order valence-corrected chi connectivity index (χ2v) is 11.8. The van der Waals surface area contributed by atoms with E-state index in [0.29, 0.717) is 23.7 Å². The highest BCUT2D eigenvalue weighted by molar-refractivity contribution is 5.82. The summed E-state index contributed by atoms with van der Waals surface area (Å²) in [4.78, 5) is 26.2. The van der Waals surface area contributed by atoms with Crippen molar-refractivity contribution in [2.45, 2.75) is 70.6 Å². The molecule has 3 aromatic rings. The number of nitrogens with zero attached hydrogens (tertiary/aromatic N) is 5. The number of benzene rings is 2. The Kier molecular flexibility index (Phi) is 8.50. The molecular weight excluding hydrogens is 500 g/mol. The number of piperidine rings is 1. The summed E-state index contributed by atoms with van der Waals surface area (Å²) in [5.74, 6) is 1.22. The molecule has 0 amide bonds. The second-order valence-electron chi connectivity index (χ2n) is 11.8. The van der Waals surface area contributed by atoms with Crippen LogP contribution < -0.4 is 15.8 Å². The summed E-state index contributed by atoms with van der Waals surface area (Å²) in [5.41, 5.74) is 3.01. The van der Waals surface area contributed by atoms with Crippen molar-refractivity contribution in [3.8, 4) is 5.75 Å². The molecule has 0 bridgehead atoms. The molecule has 40 heavy (non-hydrogen) atoms. The summed E-state index contributed by atoms with van der Waals surface area (Å²) >= 11 is 0. The topological polar surface area (TPSA) is 76.9 Å². The fourth-order valence-electron chi connectivity index (χ4n) is 6.90. The van der Waals surface area contributed by atoms with Gasteiger partial charge in [0.25, 0.3) is 5.56 Å². The fraction of sp³-hybridized carbons (Fsp3) is 0.562. The number of aromatic nitrogens is 2. The number of hydrogen-bond acceptors (Lipinski definition) is 7. The van der Waals surface area contributed by atoms with Crippen molar-refractivity contribution in [2.75, 3.05) is 51.7 Å². The van der Waals surface area contributed by atoms with Crippen LogP contribution in [0.4, 0.5) is 5.69 Å². The quantitative estimate of drug-likeness (QED) is 0.436. The summed E-state index contributed by atoms with van der Waals surface area (Å²) in [7, 11) is 4.26. The third-order valence-corrected chi connectivity index (χ3v) is 9.18. The van der Waals surface area contributed by atoms with Gasteiger partial charge in [-0.3, -0.25) is 19.2 Å². The average molecular weight is 547 g/mol. The van der Waals surface area contributed by atoms with Gasteiger partial charge >= 0.3 is 0 Å². The first-order chi connectivity index (χ1) is 19.3. The van der Waals surface area contributed by atoms with Gasteiger partial charge in [-0.2, -0.15) is 0 Å². The van der Waals surface area contributed by atoms with Gasteiger partial charge in [-0.1, -0.05) is 25.5 Å². The number of phenolic OH excluding ortho intramolecular Hbond substituents is 1. The zero-order chi connectivity index (χ0) is 28.4. The van der Waals surface area contributed by atoms with E-state index in [1.807, 2.05) is 29.7 Å². The largest absolute Gasteiger partial charge is 0.508 e. The Labute approximate surface area is 238 Å². The number of hydrogen-bond donors (Lipinski definition) is 2. The molecule has 1 aromatic heterocycles. The molecule has 8 heteroatoms. The van der Waals surface area contributed by atoms with Gasteiger partial charge in [0.15, 0.2) is 0 Å². The molecule has 2 saturated heterocycles. The molecule has 2 fully saturated rings. The summed E-state index contributed by atoms with van der Waals surface area (Å²) in [6, 6.07) is 14.4. The number of rotatable bonds is 8. The molecule has 8 nitrogen and oxygen atoms in total. The zero-order valence-electron chi connectivity index (χ0n) is 24.9. The fourth-order valence-corrected chi connectivity index (χ4v) is 6.90. The van der Waals surface area contributed by atoms with Crippen molar-refractivity contribution >= 4 is 16.6 Å². The SMILES string of the molecule is CCC[C@H](c1nc2cc(N3CCC(c4cccc(O)c4)(N(C)C)CC3)ccc2c(=O)n1CC)N1CCN[C@@H](C)C1. The maximum absolute atomic E-state index is 13.7. The monoisotopic (exact) mass is 546 g/mol. The van der Waals surface area contributed by atoms with Crippen LogP contribution >= 0.6 is 0 Å². The number of aromatic hydroxyl groups is 1. The van der Waals surface area contributed by atoms with Gasteiger partial charge in [-0.25, -0.2) is 4.98 Å². The molecule has 0 saturated carbocycles. The summed E-state index contributed by atoms with van der Waals surface area (Å²) in [6.07, 6.45) is 3.91. The van der Waals surface area contributed by atoms with Crippen LogP contribution in [-0.4, -0.2) is 77.3 Å². The first kappa shape index (κ1) is 28.6. The average Bonchev–Trinajstić information content (AvgIpc) is 2.95. The molecular formula is C32H46N6O2. The number of phenols is 1. The molecule has 2 atom stereocenters. The van der Waals surface area contributed by atoms with Crippen molar-refractivity contribution in [1.29, 1.82) is 0 Å². The lowest BCUT2D eigenvalue weighted by Crippen LogP contribution is -2.51. The molecule has 0 radical (unpaired) electrons. The third kappa shape index (κ3) is 5.37. The molecule has 0 spiro atoms. The molecule has 0 unspecified atom stereocenters. The Balaban J connectivity index is 1.47. The lowest BCUT2D eigenvalue weighted by Gasteiger charge is -2.47. The smallest absolute Gasteiger partial charge is 0.261 e. The van der Waals surface area contributed by atoms with Crippen molar-refractivity contribution in [3.05, 3.63) is 64.2 Å². The van der Waals surface area contributed by atoms with E-state index in [4.69, 9.17) is 4.98 Å². The standard InChI is InChI=1S/C32H46N6O2/c1-6-9-29(37-19-16-33-23(3)22-37)30-34-28-21-25(12-13-27(28)31(40)38(30)7-2)36-17-14-32(15-18-36,35(4)5)24-10-8-11-26(39)20-24/h8,10-13,20-21,23,29,33,39H,6-7,9,14-19,22H2,1-5H3/t23-,29+/m0/s1. The summed E-state index contributed by atoms with van der Waals surface area (Å²) < 4.78 is 1.90. The third-order valence-electron chi connectivity index (χ3n) is 9.18. The first-order valence-corrected chi connectivity index (χ1v) is 15.0. The second kappa shape index (κ2) is 11.9.